The van der Waals surface area contributed by atoms with Crippen molar-refractivity contribution in [3.8, 4) is 0 Å². The lowest BCUT2D eigenvalue weighted by atomic mass is 9.97. The van der Waals surface area contributed by atoms with E-state index in [1.165, 1.54) is 18.1 Å². The van der Waals surface area contributed by atoms with Crippen molar-refractivity contribution in [2.75, 3.05) is 11.9 Å². The monoisotopic (exact) mass is 444 g/mol. The minimum Gasteiger partial charge on any atom is -0.321 e. The second-order valence-corrected chi connectivity index (χ2v) is 9.58. The Morgan fingerprint density at radius 1 is 1.16 bits per heavy atom. The number of allylic oxidation sites excluding steroid dienone is 1. The van der Waals surface area contributed by atoms with E-state index in [0.717, 1.165) is 42.5 Å². The molecular weight excluding hydrogens is 415 g/mol. The van der Waals surface area contributed by atoms with Crippen LogP contribution in [-0.4, -0.2) is 20.9 Å². The lowest BCUT2D eigenvalue weighted by Crippen LogP contribution is -2.26. The molecule has 1 aliphatic carbocycles. The van der Waals surface area contributed by atoms with Gasteiger partial charge in [-0.2, -0.15) is 0 Å². The SMILES string of the molecule is CCc1cccc(C)c1NC(=O)c1cc(S(=O)(=O)NCCC2=CCCCC2)ccc1F. The number of aryl methyl sites for hydroxylation is 2. The lowest BCUT2D eigenvalue weighted by Gasteiger charge is -2.15. The van der Waals surface area contributed by atoms with Gasteiger partial charge in [-0.15, -0.1) is 0 Å². The maximum absolute atomic E-state index is 14.4. The molecule has 3 rings (SSSR count). The van der Waals surface area contributed by atoms with E-state index in [0.29, 0.717) is 18.5 Å². The molecule has 0 aliphatic heterocycles. The van der Waals surface area contributed by atoms with Gasteiger partial charge in [0.2, 0.25) is 10.0 Å². The average Bonchev–Trinajstić information content (AvgIpc) is 2.75. The van der Waals surface area contributed by atoms with Crippen molar-refractivity contribution in [2.24, 2.45) is 0 Å². The molecule has 1 aliphatic rings. The van der Waals surface area contributed by atoms with E-state index in [4.69, 9.17) is 0 Å². The Hall–Kier alpha value is -2.51. The van der Waals surface area contributed by atoms with Crippen molar-refractivity contribution in [3.63, 3.8) is 0 Å². The van der Waals surface area contributed by atoms with Crippen molar-refractivity contribution >= 4 is 21.6 Å². The van der Waals surface area contributed by atoms with Crippen molar-refractivity contribution in [1.29, 1.82) is 0 Å². The van der Waals surface area contributed by atoms with Crippen LogP contribution < -0.4 is 10.0 Å². The predicted molar refractivity (Wildman–Crippen MR) is 121 cm³/mol. The summed E-state index contributed by atoms with van der Waals surface area (Å²) in [6, 6.07) is 8.94. The van der Waals surface area contributed by atoms with Gasteiger partial charge in [0, 0.05) is 12.2 Å². The van der Waals surface area contributed by atoms with Crippen LogP contribution in [0.1, 0.15) is 60.5 Å². The van der Waals surface area contributed by atoms with Gasteiger partial charge in [-0.25, -0.2) is 17.5 Å². The van der Waals surface area contributed by atoms with Gasteiger partial charge >= 0.3 is 0 Å². The van der Waals surface area contributed by atoms with E-state index in [1.54, 1.807) is 0 Å². The number of para-hydroxylation sites is 1. The highest BCUT2D eigenvalue weighted by Crippen LogP contribution is 2.24. The van der Waals surface area contributed by atoms with Crippen LogP contribution in [0.25, 0.3) is 0 Å². The van der Waals surface area contributed by atoms with Gasteiger partial charge in [-0.3, -0.25) is 4.79 Å². The number of sulfonamides is 1. The number of carbonyl (C=O) groups excluding carboxylic acids is 1. The molecule has 0 aromatic heterocycles. The van der Waals surface area contributed by atoms with Gasteiger partial charge in [-0.05, 0) is 74.8 Å². The Labute approximate surface area is 183 Å². The zero-order valence-electron chi connectivity index (χ0n) is 18.0. The number of carbonyl (C=O) groups is 1. The van der Waals surface area contributed by atoms with Gasteiger partial charge in [0.25, 0.3) is 5.91 Å². The van der Waals surface area contributed by atoms with E-state index in [-0.39, 0.29) is 17.0 Å². The molecule has 0 radical (unpaired) electrons. The molecule has 0 heterocycles. The molecule has 1 amide bonds. The second-order valence-electron chi connectivity index (χ2n) is 7.81. The van der Waals surface area contributed by atoms with Crippen molar-refractivity contribution in [3.05, 3.63) is 70.6 Å². The number of anilines is 1. The summed E-state index contributed by atoms with van der Waals surface area (Å²) in [4.78, 5) is 12.7. The molecular formula is C24H29FN2O3S. The van der Waals surface area contributed by atoms with E-state index >= 15 is 0 Å². The summed E-state index contributed by atoms with van der Waals surface area (Å²) in [6.45, 7) is 4.10. The molecule has 7 heteroatoms. The summed E-state index contributed by atoms with van der Waals surface area (Å²) in [6.07, 6.45) is 7.89. The Morgan fingerprint density at radius 3 is 2.68 bits per heavy atom. The largest absolute Gasteiger partial charge is 0.321 e. The first-order chi connectivity index (χ1) is 14.8. The van der Waals surface area contributed by atoms with Crippen LogP contribution in [0.3, 0.4) is 0 Å². The minimum absolute atomic E-state index is 0.128. The van der Waals surface area contributed by atoms with Gasteiger partial charge < -0.3 is 5.32 Å². The molecule has 2 aromatic carbocycles. The number of amides is 1. The topological polar surface area (TPSA) is 75.3 Å². The molecule has 0 spiro atoms. The number of hydrogen-bond acceptors (Lipinski definition) is 3. The number of halogens is 1. The number of nitrogens with one attached hydrogen (secondary N) is 2. The van der Waals surface area contributed by atoms with Crippen LogP contribution >= 0.6 is 0 Å². The molecule has 0 saturated heterocycles. The lowest BCUT2D eigenvalue weighted by molar-refractivity contribution is 0.102. The Morgan fingerprint density at radius 2 is 1.97 bits per heavy atom. The minimum atomic E-state index is -3.85. The third-order valence-electron chi connectivity index (χ3n) is 5.59. The van der Waals surface area contributed by atoms with Crippen molar-refractivity contribution in [2.45, 2.75) is 57.3 Å². The number of benzene rings is 2. The molecule has 0 unspecified atom stereocenters. The van der Waals surface area contributed by atoms with Crippen LogP contribution in [-0.2, 0) is 16.4 Å². The van der Waals surface area contributed by atoms with Gasteiger partial charge in [0.05, 0.1) is 10.5 Å². The van der Waals surface area contributed by atoms with Crippen LogP contribution in [0.15, 0.2) is 52.9 Å². The van der Waals surface area contributed by atoms with Gasteiger partial charge in [0.1, 0.15) is 5.82 Å². The predicted octanol–water partition coefficient (Wildman–Crippen LogP) is 5.12. The Balaban J connectivity index is 1.76. The molecule has 0 saturated carbocycles. The third kappa shape index (κ3) is 5.80. The fourth-order valence-electron chi connectivity index (χ4n) is 3.79. The van der Waals surface area contributed by atoms with Crippen molar-refractivity contribution in [1.82, 2.24) is 4.72 Å². The van der Waals surface area contributed by atoms with Crippen LogP contribution in [0, 0.1) is 12.7 Å². The second kappa shape index (κ2) is 10.2. The first kappa shape index (κ1) is 23.2. The van der Waals surface area contributed by atoms with Crippen LogP contribution in [0.2, 0.25) is 0 Å². The van der Waals surface area contributed by atoms with Gasteiger partial charge in [-0.1, -0.05) is 36.8 Å². The molecule has 2 N–H and O–H groups in total. The molecule has 31 heavy (non-hydrogen) atoms. The number of hydrogen-bond donors (Lipinski definition) is 2. The Bertz CT molecular complexity index is 1090. The molecule has 2 aromatic rings. The van der Waals surface area contributed by atoms with E-state index in [2.05, 4.69) is 16.1 Å². The summed E-state index contributed by atoms with van der Waals surface area (Å²) >= 11 is 0. The maximum Gasteiger partial charge on any atom is 0.258 e. The maximum atomic E-state index is 14.4. The summed E-state index contributed by atoms with van der Waals surface area (Å²) in [5.74, 6) is -1.44. The van der Waals surface area contributed by atoms with Crippen LogP contribution in [0.5, 0.6) is 0 Å². The molecule has 5 nitrogen and oxygen atoms in total. The highest BCUT2D eigenvalue weighted by molar-refractivity contribution is 7.89. The van der Waals surface area contributed by atoms with Gasteiger partial charge in [0.15, 0.2) is 0 Å². The van der Waals surface area contributed by atoms with E-state index in [9.17, 15) is 17.6 Å². The zero-order valence-corrected chi connectivity index (χ0v) is 18.8. The molecule has 0 bridgehead atoms. The standard InChI is InChI=1S/C24H29FN2O3S/c1-3-19-11-7-8-17(2)23(19)27-24(28)21-16-20(12-13-22(21)25)31(29,30)26-15-14-18-9-5-4-6-10-18/h7-9,11-13,16,26H,3-6,10,14-15H2,1-2H3,(H,27,28). The first-order valence-electron chi connectivity index (χ1n) is 10.7. The molecule has 0 fully saturated rings. The van der Waals surface area contributed by atoms with E-state index in [1.807, 2.05) is 32.0 Å². The molecule has 0 atom stereocenters. The first-order valence-corrected chi connectivity index (χ1v) is 12.2. The highest BCUT2D eigenvalue weighted by atomic mass is 32.2. The third-order valence-corrected chi connectivity index (χ3v) is 7.05. The normalized spacial score (nSPS) is 14.2. The fraction of sp³-hybridized carbons (Fsp3) is 0.375. The smallest absolute Gasteiger partial charge is 0.258 e. The van der Waals surface area contributed by atoms with Crippen molar-refractivity contribution < 1.29 is 17.6 Å². The fourth-order valence-corrected chi connectivity index (χ4v) is 4.85. The van der Waals surface area contributed by atoms with Crippen LogP contribution in [0.4, 0.5) is 10.1 Å². The molecule has 166 valence electrons. The summed E-state index contributed by atoms with van der Waals surface area (Å²) < 4.78 is 42.3. The Kier molecular flexibility index (Phi) is 7.62. The summed E-state index contributed by atoms with van der Waals surface area (Å²) in [5, 5.41) is 2.75. The zero-order chi connectivity index (χ0) is 22.4. The summed E-state index contributed by atoms with van der Waals surface area (Å²) in [7, 11) is -3.85. The quantitative estimate of drug-likeness (QED) is 0.555. The summed E-state index contributed by atoms with van der Waals surface area (Å²) in [5.41, 5.74) is 3.37. The highest BCUT2D eigenvalue weighted by Gasteiger charge is 2.20. The van der Waals surface area contributed by atoms with E-state index < -0.39 is 21.7 Å². The average molecular weight is 445 g/mol. The number of rotatable bonds is 8.